The number of rotatable bonds is 6. The van der Waals surface area contributed by atoms with Gasteiger partial charge in [-0.3, -0.25) is 4.68 Å². The van der Waals surface area contributed by atoms with Gasteiger partial charge < -0.3 is 10.6 Å². The molecule has 4 aromatic rings. The molecule has 0 bridgehead atoms. The summed E-state index contributed by atoms with van der Waals surface area (Å²) in [6, 6.07) is 6.32. The maximum absolute atomic E-state index is 12.9. The Morgan fingerprint density at radius 1 is 0.969 bits per heavy atom. The van der Waals surface area contributed by atoms with Crippen molar-refractivity contribution in [2.45, 2.75) is 19.6 Å². The maximum Gasteiger partial charge on any atom is 0.433 e. The molecule has 0 aliphatic heterocycles. The van der Waals surface area contributed by atoms with Gasteiger partial charge >= 0.3 is 6.18 Å². The lowest BCUT2D eigenvalue weighted by Crippen LogP contribution is -2.10. The van der Waals surface area contributed by atoms with Crippen LogP contribution in [0.4, 0.5) is 30.8 Å². The number of halogens is 3. The van der Waals surface area contributed by atoms with Crippen molar-refractivity contribution in [1.29, 1.82) is 0 Å². The molecular weight excluding hydrogens is 421 g/mol. The van der Waals surface area contributed by atoms with E-state index < -0.39 is 11.9 Å². The van der Waals surface area contributed by atoms with Crippen LogP contribution in [0.3, 0.4) is 0 Å². The van der Waals surface area contributed by atoms with Crippen molar-refractivity contribution < 1.29 is 13.2 Å². The quantitative estimate of drug-likeness (QED) is 0.460. The Balaban J connectivity index is 1.50. The van der Waals surface area contributed by atoms with Gasteiger partial charge in [-0.05, 0) is 36.2 Å². The lowest BCUT2D eigenvalue weighted by atomic mass is 10.1. The van der Waals surface area contributed by atoms with Crippen LogP contribution in [0.15, 0.2) is 55.2 Å². The van der Waals surface area contributed by atoms with Crippen LogP contribution < -0.4 is 10.6 Å². The Morgan fingerprint density at radius 3 is 2.44 bits per heavy atom. The van der Waals surface area contributed by atoms with Gasteiger partial charge in [-0.15, -0.1) is 0 Å². The zero-order valence-corrected chi connectivity index (χ0v) is 17.2. The molecule has 0 unspecified atom stereocenters. The summed E-state index contributed by atoms with van der Waals surface area (Å²) >= 11 is 0. The number of anilines is 3. The third-order valence-electron chi connectivity index (χ3n) is 4.47. The number of alkyl halides is 3. The molecule has 0 radical (unpaired) electrons. The average molecular weight is 440 g/mol. The van der Waals surface area contributed by atoms with Crippen LogP contribution in [0.25, 0.3) is 11.1 Å². The van der Waals surface area contributed by atoms with Crippen molar-refractivity contribution in [2.24, 2.45) is 7.05 Å². The minimum atomic E-state index is -4.54. The fraction of sp³-hybridized carbons (Fsp3) is 0.190. The van der Waals surface area contributed by atoms with Gasteiger partial charge in [-0.1, -0.05) is 6.07 Å². The highest BCUT2D eigenvalue weighted by Crippen LogP contribution is 2.29. The Morgan fingerprint density at radius 2 is 1.75 bits per heavy atom. The summed E-state index contributed by atoms with van der Waals surface area (Å²) in [5.74, 6) is 0.337. The zero-order valence-electron chi connectivity index (χ0n) is 17.2. The largest absolute Gasteiger partial charge is 0.433 e. The standard InChI is InChI=1S/C21H19F3N8/c1-13-5-15(7-17(6-13)30-20-25-4-3-18(31-20)21(22,23)24)16-10-27-19(28-11-16)26-8-14-9-29-32(2)12-14/h3-7,9-12H,8H2,1-2H3,(H,25,30,31)(H,26,27,28). The number of aromatic nitrogens is 6. The van der Waals surface area contributed by atoms with E-state index in [-0.39, 0.29) is 5.95 Å². The second-order valence-corrected chi connectivity index (χ2v) is 7.15. The van der Waals surface area contributed by atoms with Crippen molar-refractivity contribution in [1.82, 2.24) is 29.7 Å². The molecule has 0 saturated carbocycles. The maximum atomic E-state index is 12.9. The fourth-order valence-corrected chi connectivity index (χ4v) is 3.04. The Bertz CT molecular complexity index is 1220. The monoisotopic (exact) mass is 440 g/mol. The van der Waals surface area contributed by atoms with Crippen molar-refractivity contribution >= 4 is 17.6 Å². The summed E-state index contributed by atoms with van der Waals surface area (Å²) in [4.78, 5) is 16.1. The van der Waals surface area contributed by atoms with Gasteiger partial charge in [0.1, 0.15) is 5.69 Å². The number of nitrogens with one attached hydrogen (secondary N) is 2. The molecule has 3 heterocycles. The fourth-order valence-electron chi connectivity index (χ4n) is 3.04. The highest BCUT2D eigenvalue weighted by atomic mass is 19.4. The van der Waals surface area contributed by atoms with Crippen LogP contribution in [0.2, 0.25) is 0 Å². The van der Waals surface area contributed by atoms with E-state index in [0.717, 1.165) is 34.5 Å². The molecule has 1 aromatic carbocycles. The summed E-state index contributed by atoms with van der Waals surface area (Å²) in [5.41, 5.74) is 3.01. The minimum Gasteiger partial charge on any atom is -0.350 e. The van der Waals surface area contributed by atoms with E-state index in [2.05, 4.69) is 35.7 Å². The number of aryl methyl sites for hydroxylation is 2. The molecule has 0 atom stereocenters. The first-order valence-corrected chi connectivity index (χ1v) is 9.59. The van der Waals surface area contributed by atoms with Gasteiger partial charge in [0.25, 0.3) is 0 Å². The van der Waals surface area contributed by atoms with Crippen molar-refractivity contribution in [3.05, 3.63) is 72.1 Å². The first kappa shape index (κ1) is 21.2. The van der Waals surface area contributed by atoms with Crippen LogP contribution in [-0.2, 0) is 19.8 Å². The zero-order chi connectivity index (χ0) is 22.7. The molecular formula is C21H19F3N8. The van der Waals surface area contributed by atoms with Gasteiger partial charge in [-0.2, -0.15) is 18.3 Å². The minimum absolute atomic E-state index is 0.137. The third-order valence-corrected chi connectivity index (χ3v) is 4.47. The van der Waals surface area contributed by atoms with Crippen molar-refractivity contribution in [2.75, 3.05) is 10.6 Å². The van der Waals surface area contributed by atoms with Gasteiger partial charge in [-0.25, -0.2) is 19.9 Å². The van der Waals surface area contributed by atoms with E-state index in [9.17, 15) is 13.2 Å². The third kappa shape index (κ3) is 5.17. The molecule has 0 spiro atoms. The molecule has 0 amide bonds. The number of benzene rings is 1. The van der Waals surface area contributed by atoms with Gasteiger partial charge in [0.15, 0.2) is 0 Å². The number of nitrogens with zero attached hydrogens (tertiary/aromatic N) is 6. The number of hydrogen-bond donors (Lipinski definition) is 2. The highest BCUT2D eigenvalue weighted by molar-refractivity contribution is 5.70. The SMILES string of the molecule is Cc1cc(Nc2nccc(C(F)(F)F)n2)cc(-c2cnc(NCc3cnn(C)c3)nc2)c1. The van der Waals surface area contributed by atoms with E-state index in [1.165, 1.54) is 0 Å². The molecule has 0 saturated heterocycles. The van der Waals surface area contributed by atoms with Crippen molar-refractivity contribution in [3.63, 3.8) is 0 Å². The van der Waals surface area contributed by atoms with E-state index in [4.69, 9.17) is 0 Å². The first-order valence-electron chi connectivity index (χ1n) is 9.59. The molecule has 0 fully saturated rings. The molecule has 0 aliphatic rings. The summed E-state index contributed by atoms with van der Waals surface area (Å²) in [6.07, 6.45) is 3.55. The average Bonchev–Trinajstić information content (AvgIpc) is 3.17. The topological polar surface area (TPSA) is 93.4 Å². The Hall–Kier alpha value is -4.02. The number of hydrogen-bond acceptors (Lipinski definition) is 7. The van der Waals surface area contributed by atoms with Gasteiger partial charge in [0.2, 0.25) is 11.9 Å². The smallest absolute Gasteiger partial charge is 0.350 e. The summed E-state index contributed by atoms with van der Waals surface area (Å²) in [5, 5.41) is 10.1. The molecule has 4 rings (SSSR count). The van der Waals surface area contributed by atoms with E-state index >= 15 is 0 Å². The van der Waals surface area contributed by atoms with Crippen LogP contribution >= 0.6 is 0 Å². The molecule has 164 valence electrons. The first-order chi connectivity index (χ1) is 15.3. The Labute approximate surface area is 181 Å². The predicted octanol–water partition coefficient (Wildman–Crippen LogP) is 4.35. The summed E-state index contributed by atoms with van der Waals surface area (Å²) in [6.45, 7) is 2.43. The normalized spacial score (nSPS) is 11.4. The van der Waals surface area contributed by atoms with Crippen LogP contribution in [0, 0.1) is 6.92 Å². The summed E-state index contributed by atoms with van der Waals surface area (Å²) < 4.78 is 40.4. The van der Waals surface area contributed by atoms with Gasteiger partial charge in [0, 0.05) is 55.2 Å². The van der Waals surface area contributed by atoms with Crippen LogP contribution in [0.5, 0.6) is 0 Å². The second-order valence-electron chi connectivity index (χ2n) is 7.15. The lowest BCUT2D eigenvalue weighted by Gasteiger charge is -2.11. The van der Waals surface area contributed by atoms with Crippen molar-refractivity contribution in [3.8, 4) is 11.1 Å². The summed E-state index contributed by atoms with van der Waals surface area (Å²) in [7, 11) is 1.85. The van der Waals surface area contributed by atoms with Crippen LogP contribution in [0.1, 0.15) is 16.8 Å². The second kappa shape index (κ2) is 8.61. The lowest BCUT2D eigenvalue weighted by molar-refractivity contribution is -0.141. The molecule has 8 nitrogen and oxygen atoms in total. The molecule has 2 N–H and O–H groups in total. The van der Waals surface area contributed by atoms with E-state index in [0.29, 0.717) is 18.2 Å². The highest BCUT2D eigenvalue weighted by Gasteiger charge is 2.32. The van der Waals surface area contributed by atoms with E-state index in [1.807, 2.05) is 26.2 Å². The molecule has 32 heavy (non-hydrogen) atoms. The molecule has 0 aliphatic carbocycles. The molecule has 3 aromatic heterocycles. The van der Waals surface area contributed by atoms with Crippen LogP contribution in [-0.4, -0.2) is 29.7 Å². The van der Waals surface area contributed by atoms with Gasteiger partial charge in [0.05, 0.1) is 6.20 Å². The molecule has 11 heteroatoms. The van der Waals surface area contributed by atoms with E-state index in [1.54, 1.807) is 35.4 Å². The Kier molecular flexibility index (Phi) is 5.71. The predicted molar refractivity (Wildman–Crippen MR) is 113 cm³/mol.